The van der Waals surface area contributed by atoms with Gasteiger partial charge in [-0.1, -0.05) is 71.1 Å². The van der Waals surface area contributed by atoms with Crippen LogP contribution in [0.5, 0.6) is 0 Å². The van der Waals surface area contributed by atoms with Gasteiger partial charge in [-0.05, 0) is 31.0 Å². The van der Waals surface area contributed by atoms with Crippen molar-refractivity contribution in [2.75, 3.05) is 5.32 Å². The maximum Gasteiger partial charge on any atom is 0.339 e. The van der Waals surface area contributed by atoms with Gasteiger partial charge in [0, 0.05) is 12.2 Å². The Labute approximate surface area is 176 Å². The van der Waals surface area contributed by atoms with Crippen LogP contribution in [-0.4, -0.2) is 27.7 Å². The molecule has 1 unspecified atom stereocenters. The zero-order valence-electron chi connectivity index (χ0n) is 16.0. The van der Waals surface area contributed by atoms with Crippen molar-refractivity contribution >= 4 is 40.1 Å². The number of anilines is 1. The van der Waals surface area contributed by atoms with Crippen molar-refractivity contribution in [3.8, 4) is 0 Å². The molecule has 2 heterocycles. The maximum atomic E-state index is 12.9. The minimum absolute atomic E-state index is 0.315. The van der Waals surface area contributed by atoms with E-state index in [0.717, 1.165) is 21.2 Å². The van der Waals surface area contributed by atoms with Crippen molar-refractivity contribution < 1.29 is 14.3 Å². The van der Waals surface area contributed by atoms with Gasteiger partial charge in [0.1, 0.15) is 0 Å². The summed E-state index contributed by atoms with van der Waals surface area (Å²) < 4.78 is 6.25. The molecule has 1 N–H and O–H groups in total. The molecule has 0 saturated carbocycles. The average molecular weight is 426 g/mol. The summed E-state index contributed by atoms with van der Waals surface area (Å²) in [6.07, 6.45) is 0.315. The van der Waals surface area contributed by atoms with Gasteiger partial charge in [0.25, 0.3) is 5.91 Å². The Morgan fingerprint density at radius 3 is 2.83 bits per heavy atom. The van der Waals surface area contributed by atoms with Crippen LogP contribution in [0.3, 0.4) is 0 Å². The van der Waals surface area contributed by atoms with Gasteiger partial charge in [-0.3, -0.25) is 10.1 Å². The molecule has 1 atom stereocenters. The van der Waals surface area contributed by atoms with E-state index in [1.807, 2.05) is 37.3 Å². The zero-order chi connectivity index (χ0) is 20.4. The number of rotatable bonds is 5. The van der Waals surface area contributed by atoms with E-state index in [-0.39, 0.29) is 0 Å². The molecule has 0 spiro atoms. The van der Waals surface area contributed by atoms with E-state index >= 15 is 0 Å². The highest BCUT2D eigenvalue weighted by molar-refractivity contribution is 8.00. The highest BCUT2D eigenvalue weighted by Gasteiger charge is 2.43. The molecule has 0 radical (unpaired) electrons. The van der Waals surface area contributed by atoms with Crippen molar-refractivity contribution in [2.45, 2.75) is 36.0 Å². The largest absolute Gasteiger partial charge is 0.445 e. The average Bonchev–Trinajstić information content (AvgIpc) is 3.14. The number of esters is 1. The smallest absolute Gasteiger partial charge is 0.339 e. The number of carbonyl (C=O) groups is 2. The molecule has 1 aliphatic rings. The number of benzene rings is 2. The third-order valence-corrected chi connectivity index (χ3v) is 6.68. The highest BCUT2D eigenvalue weighted by atomic mass is 32.2. The molecule has 4 rings (SSSR count). The number of aryl methyl sites for hydroxylation is 1. The summed E-state index contributed by atoms with van der Waals surface area (Å²) in [5.41, 5.74) is 2.26. The number of amides is 1. The minimum atomic E-state index is -1.29. The summed E-state index contributed by atoms with van der Waals surface area (Å²) in [6, 6.07) is 15.6. The quantitative estimate of drug-likeness (QED) is 0.374. The first-order chi connectivity index (χ1) is 13.9. The van der Waals surface area contributed by atoms with Crippen LogP contribution in [0.2, 0.25) is 0 Å². The molecule has 29 heavy (non-hydrogen) atoms. The number of ether oxygens (including phenoxy) is 1. The Kier molecular flexibility index (Phi) is 5.38. The molecule has 6 nitrogen and oxygen atoms in total. The predicted molar refractivity (Wildman–Crippen MR) is 113 cm³/mol. The molecule has 1 aromatic heterocycles. The van der Waals surface area contributed by atoms with Crippen LogP contribution in [0.15, 0.2) is 52.9 Å². The number of carbonyl (C=O) groups excluding carboxylic acids is 2. The first kappa shape index (κ1) is 19.6. The van der Waals surface area contributed by atoms with Crippen LogP contribution >= 0.6 is 23.1 Å². The Morgan fingerprint density at radius 2 is 2.03 bits per heavy atom. The van der Waals surface area contributed by atoms with Crippen LogP contribution in [-0.2, 0) is 21.7 Å². The molecular formula is C21H19N3O3S2. The first-order valence-corrected chi connectivity index (χ1v) is 10.9. The fourth-order valence-electron chi connectivity index (χ4n) is 3.12. The number of thioether (sulfide) groups is 1. The van der Waals surface area contributed by atoms with Gasteiger partial charge in [0.2, 0.25) is 5.13 Å². The van der Waals surface area contributed by atoms with Crippen LogP contribution in [0.1, 0.15) is 34.0 Å². The summed E-state index contributed by atoms with van der Waals surface area (Å²) >= 11 is 2.86. The number of cyclic esters (lactones) is 1. The summed E-state index contributed by atoms with van der Waals surface area (Å²) in [5, 5.41) is 11.3. The molecule has 0 aliphatic carbocycles. The second-order valence-corrected chi connectivity index (χ2v) is 9.26. The lowest BCUT2D eigenvalue weighted by atomic mass is 9.88. The lowest BCUT2D eigenvalue weighted by Gasteiger charge is -2.32. The van der Waals surface area contributed by atoms with Gasteiger partial charge in [-0.15, -0.1) is 10.2 Å². The van der Waals surface area contributed by atoms with Gasteiger partial charge in [0.05, 0.1) is 5.56 Å². The molecule has 1 amide bonds. The van der Waals surface area contributed by atoms with Crippen LogP contribution in [0, 0.1) is 6.92 Å². The second-order valence-electron chi connectivity index (χ2n) is 7.06. The standard InChI is InChI=1S/C21H19N3O3S2/c1-13-8-9-16-15(10-13)11-21(2,27-17(16)25)18(26)22-19-23-24-20(29-19)28-12-14-6-4-3-5-7-14/h3-10H,11-12H2,1-2H3,(H,22,23,26). The van der Waals surface area contributed by atoms with Gasteiger partial charge in [-0.25, -0.2) is 4.79 Å². The maximum absolute atomic E-state index is 12.9. The number of aromatic nitrogens is 2. The topological polar surface area (TPSA) is 81.2 Å². The Morgan fingerprint density at radius 1 is 1.24 bits per heavy atom. The van der Waals surface area contributed by atoms with Crippen LogP contribution < -0.4 is 5.32 Å². The molecule has 1 aliphatic heterocycles. The molecule has 3 aromatic rings. The fraction of sp³-hybridized carbons (Fsp3) is 0.238. The van der Waals surface area contributed by atoms with Gasteiger partial charge < -0.3 is 4.74 Å². The zero-order valence-corrected chi connectivity index (χ0v) is 17.6. The first-order valence-electron chi connectivity index (χ1n) is 9.07. The van der Waals surface area contributed by atoms with Crippen molar-refractivity contribution in [1.29, 1.82) is 0 Å². The van der Waals surface area contributed by atoms with E-state index in [4.69, 9.17) is 4.74 Å². The highest BCUT2D eigenvalue weighted by Crippen LogP contribution is 2.32. The number of hydrogen-bond acceptors (Lipinski definition) is 7. The van der Waals surface area contributed by atoms with E-state index in [2.05, 4.69) is 27.6 Å². The van der Waals surface area contributed by atoms with Gasteiger partial charge >= 0.3 is 5.97 Å². The number of hydrogen-bond donors (Lipinski definition) is 1. The van der Waals surface area contributed by atoms with Crippen molar-refractivity contribution in [3.05, 3.63) is 70.8 Å². The van der Waals surface area contributed by atoms with Crippen molar-refractivity contribution in [2.24, 2.45) is 0 Å². The van der Waals surface area contributed by atoms with E-state index in [1.54, 1.807) is 24.8 Å². The Hall–Kier alpha value is -2.71. The Balaban J connectivity index is 1.43. The number of nitrogens with one attached hydrogen (secondary N) is 1. The number of fused-ring (bicyclic) bond motifs is 1. The third kappa shape index (κ3) is 4.33. The van der Waals surface area contributed by atoms with Gasteiger partial charge in [-0.2, -0.15) is 0 Å². The monoisotopic (exact) mass is 425 g/mol. The third-order valence-electron chi connectivity index (χ3n) is 4.64. The number of nitrogens with zero attached hydrogens (tertiary/aromatic N) is 2. The fourth-order valence-corrected chi connectivity index (χ4v) is 4.82. The van der Waals surface area contributed by atoms with Crippen molar-refractivity contribution in [1.82, 2.24) is 10.2 Å². The van der Waals surface area contributed by atoms with Crippen molar-refractivity contribution in [3.63, 3.8) is 0 Å². The molecule has 8 heteroatoms. The van der Waals surface area contributed by atoms with Gasteiger partial charge in [0.15, 0.2) is 9.94 Å². The van der Waals surface area contributed by atoms with E-state index in [0.29, 0.717) is 17.1 Å². The molecule has 0 saturated heterocycles. The minimum Gasteiger partial charge on any atom is -0.445 e. The second kappa shape index (κ2) is 7.96. The molecular weight excluding hydrogens is 406 g/mol. The summed E-state index contributed by atoms with van der Waals surface area (Å²) in [6.45, 7) is 3.57. The SMILES string of the molecule is Cc1ccc2c(c1)CC(C)(C(=O)Nc1nnc(SCc3ccccc3)s1)OC2=O. The summed E-state index contributed by atoms with van der Waals surface area (Å²) in [5.74, 6) is -0.122. The molecule has 2 aromatic carbocycles. The van der Waals surface area contributed by atoms with E-state index in [1.165, 1.54) is 16.9 Å². The molecule has 0 bridgehead atoms. The normalized spacial score (nSPS) is 18.1. The van der Waals surface area contributed by atoms with Crippen LogP contribution in [0.25, 0.3) is 0 Å². The predicted octanol–water partition coefficient (Wildman–Crippen LogP) is 4.25. The summed E-state index contributed by atoms with van der Waals surface area (Å²) in [4.78, 5) is 25.2. The molecule has 0 fully saturated rings. The summed E-state index contributed by atoms with van der Waals surface area (Å²) in [7, 11) is 0. The lowest BCUT2D eigenvalue weighted by Crippen LogP contribution is -2.48. The molecule has 148 valence electrons. The Bertz CT molecular complexity index is 1070. The lowest BCUT2D eigenvalue weighted by molar-refractivity contribution is -0.134. The van der Waals surface area contributed by atoms with Crippen LogP contribution in [0.4, 0.5) is 5.13 Å². The van der Waals surface area contributed by atoms with E-state index in [9.17, 15) is 9.59 Å². The van der Waals surface area contributed by atoms with E-state index < -0.39 is 17.5 Å².